The van der Waals surface area contributed by atoms with Crippen molar-refractivity contribution >= 4 is 33.3 Å². The number of fused-ring (bicyclic) bond motifs is 1. The van der Waals surface area contributed by atoms with Crippen LogP contribution in [0.15, 0.2) is 59.5 Å². The second-order valence-corrected chi connectivity index (χ2v) is 7.83. The highest BCUT2D eigenvalue weighted by Crippen LogP contribution is 2.33. The van der Waals surface area contributed by atoms with E-state index in [2.05, 4.69) is 0 Å². The Bertz CT molecular complexity index is 1140. The Morgan fingerprint density at radius 3 is 2.21 bits per heavy atom. The van der Waals surface area contributed by atoms with Gasteiger partial charge in [0, 0.05) is 33.1 Å². The van der Waals surface area contributed by atoms with Crippen LogP contribution in [0.5, 0.6) is 0 Å². The van der Waals surface area contributed by atoms with Gasteiger partial charge in [0.15, 0.2) is 5.78 Å². The number of carboxylic acid groups (broad SMARTS) is 1. The first kappa shape index (κ1) is 20.7. The van der Waals surface area contributed by atoms with E-state index in [4.69, 9.17) is 5.11 Å². The molecular formula is C21H15F3O4S. The number of ketones is 1. The fraction of sp³-hybridized carbons (Fsp3) is 0.143. The first-order valence-corrected chi connectivity index (χ1v) is 9.96. The maximum Gasteiger partial charge on any atom is 0.416 e. The van der Waals surface area contributed by atoms with Gasteiger partial charge in [-0.25, -0.2) is 0 Å². The predicted molar refractivity (Wildman–Crippen MR) is 102 cm³/mol. The largest absolute Gasteiger partial charge is 0.481 e. The molecule has 0 aromatic heterocycles. The minimum atomic E-state index is -4.56. The van der Waals surface area contributed by atoms with Crippen molar-refractivity contribution in [2.24, 2.45) is 0 Å². The maximum absolute atomic E-state index is 13.1. The van der Waals surface area contributed by atoms with Crippen molar-refractivity contribution in [1.82, 2.24) is 0 Å². The monoisotopic (exact) mass is 420 g/mol. The second-order valence-electron chi connectivity index (χ2n) is 6.46. The number of halogens is 3. The molecule has 0 amide bonds. The lowest BCUT2D eigenvalue weighted by Gasteiger charge is -2.12. The van der Waals surface area contributed by atoms with Crippen molar-refractivity contribution in [2.75, 3.05) is 6.26 Å². The second kappa shape index (κ2) is 7.79. The molecule has 0 fully saturated rings. The van der Waals surface area contributed by atoms with Gasteiger partial charge in [-0.1, -0.05) is 12.1 Å². The van der Waals surface area contributed by atoms with Crippen LogP contribution in [0.4, 0.5) is 13.2 Å². The highest BCUT2D eigenvalue weighted by molar-refractivity contribution is 7.84. The molecule has 150 valence electrons. The van der Waals surface area contributed by atoms with Crippen molar-refractivity contribution in [2.45, 2.75) is 17.5 Å². The third-order valence-electron chi connectivity index (χ3n) is 4.39. The molecule has 1 unspecified atom stereocenters. The van der Waals surface area contributed by atoms with Crippen LogP contribution in [0, 0.1) is 0 Å². The van der Waals surface area contributed by atoms with Gasteiger partial charge in [0.1, 0.15) is 0 Å². The van der Waals surface area contributed by atoms with Crippen LogP contribution in [-0.4, -0.2) is 27.3 Å². The fourth-order valence-electron chi connectivity index (χ4n) is 3.03. The van der Waals surface area contributed by atoms with E-state index in [9.17, 15) is 27.0 Å². The predicted octanol–water partition coefficient (Wildman–Crippen LogP) is 4.45. The van der Waals surface area contributed by atoms with E-state index in [1.54, 1.807) is 0 Å². The molecule has 0 aliphatic heterocycles. The molecule has 0 heterocycles. The molecular weight excluding hydrogens is 405 g/mol. The van der Waals surface area contributed by atoms with E-state index in [0.29, 0.717) is 10.3 Å². The lowest BCUT2D eigenvalue weighted by Crippen LogP contribution is -2.08. The van der Waals surface area contributed by atoms with Crippen LogP contribution in [0.25, 0.3) is 10.8 Å². The third-order valence-corrected chi connectivity index (χ3v) is 5.32. The summed E-state index contributed by atoms with van der Waals surface area (Å²) in [7, 11) is -1.22. The van der Waals surface area contributed by atoms with Crippen molar-refractivity contribution < 1.29 is 32.1 Å². The number of rotatable bonds is 5. The molecule has 3 aromatic rings. The summed E-state index contributed by atoms with van der Waals surface area (Å²) in [5.74, 6) is -1.63. The first-order valence-electron chi connectivity index (χ1n) is 8.40. The summed E-state index contributed by atoms with van der Waals surface area (Å²) in [5.41, 5.74) is -0.296. The Morgan fingerprint density at radius 1 is 1.00 bits per heavy atom. The van der Waals surface area contributed by atoms with Crippen molar-refractivity contribution in [3.8, 4) is 0 Å². The Morgan fingerprint density at radius 2 is 1.66 bits per heavy atom. The summed E-state index contributed by atoms with van der Waals surface area (Å²) in [4.78, 5) is 24.6. The number of carboxylic acids is 1. The summed E-state index contributed by atoms with van der Waals surface area (Å²) in [6.07, 6.45) is -3.50. The lowest BCUT2D eigenvalue weighted by molar-refractivity contribution is -0.138. The Labute approximate surface area is 166 Å². The first-order chi connectivity index (χ1) is 13.6. The minimum Gasteiger partial charge on any atom is -0.481 e. The fourth-order valence-corrected chi connectivity index (χ4v) is 3.55. The molecule has 0 aliphatic rings. The maximum atomic E-state index is 13.1. The number of alkyl halides is 3. The van der Waals surface area contributed by atoms with Gasteiger partial charge in [0.05, 0.1) is 12.0 Å². The molecule has 3 aromatic carbocycles. The number of hydrogen-bond donors (Lipinski definition) is 1. The van der Waals surface area contributed by atoms with Gasteiger partial charge in [-0.15, -0.1) is 0 Å². The smallest absolute Gasteiger partial charge is 0.416 e. The van der Waals surface area contributed by atoms with Crippen LogP contribution < -0.4 is 0 Å². The Kier molecular flexibility index (Phi) is 5.57. The number of carbonyl (C=O) groups is 2. The summed E-state index contributed by atoms with van der Waals surface area (Å²) in [5, 5.41) is 9.48. The molecule has 0 saturated heterocycles. The molecule has 4 nitrogen and oxygen atoms in total. The van der Waals surface area contributed by atoms with E-state index in [-0.39, 0.29) is 22.1 Å². The van der Waals surface area contributed by atoms with E-state index < -0.39 is 40.7 Å². The zero-order valence-corrected chi connectivity index (χ0v) is 15.9. The van der Waals surface area contributed by atoms with Gasteiger partial charge in [-0.3, -0.25) is 13.8 Å². The molecule has 0 saturated carbocycles. The molecule has 8 heteroatoms. The molecule has 29 heavy (non-hydrogen) atoms. The van der Waals surface area contributed by atoms with Crippen LogP contribution in [-0.2, 0) is 28.2 Å². The normalized spacial score (nSPS) is 12.7. The Hall–Kier alpha value is -3.00. The molecule has 0 radical (unpaired) electrons. The van der Waals surface area contributed by atoms with Gasteiger partial charge in [-0.05, 0) is 58.8 Å². The summed E-state index contributed by atoms with van der Waals surface area (Å²) < 4.78 is 50.7. The summed E-state index contributed by atoms with van der Waals surface area (Å²) in [6, 6.07) is 11.8. The van der Waals surface area contributed by atoms with Crippen LogP contribution >= 0.6 is 0 Å². The molecule has 3 rings (SSSR count). The molecule has 1 N–H and O–H groups in total. The third kappa shape index (κ3) is 4.54. The van der Waals surface area contributed by atoms with E-state index in [1.165, 1.54) is 48.7 Å². The molecule has 0 bridgehead atoms. The quantitative estimate of drug-likeness (QED) is 0.619. The SMILES string of the molecule is CS(=O)c1ccc(C(=O)c2cc(CC(=O)O)cc3cc(C(F)(F)F)ccc23)cc1. The van der Waals surface area contributed by atoms with Crippen LogP contribution in [0.3, 0.4) is 0 Å². The average Bonchev–Trinajstić information content (AvgIpc) is 2.65. The minimum absolute atomic E-state index is 0.109. The van der Waals surface area contributed by atoms with E-state index in [1.807, 2.05) is 0 Å². The van der Waals surface area contributed by atoms with Gasteiger partial charge in [-0.2, -0.15) is 13.2 Å². The zero-order valence-electron chi connectivity index (χ0n) is 15.1. The van der Waals surface area contributed by atoms with Crippen LogP contribution in [0.1, 0.15) is 27.0 Å². The summed E-state index contributed by atoms with van der Waals surface area (Å²) in [6.45, 7) is 0. The molecule has 0 aliphatic carbocycles. The zero-order chi connectivity index (χ0) is 21.3. The van der Waals surface area contributed by atoms with Gasteiger partial charge in [0.2, 0.25) is 0 Å². The van der Waals surface area contributed by atoms with Gasteiger partial charge < -0.3 is 5.11 Å². The van der Waals surface area contributed by atoms with E-state index in [0.717, 1.165) is 12.1 Å². The number of aliphatic carboxylic acids is 1. The topological polar surface area (TPSA) is 71.4 Å². The van der Waals surface area contributed by atoms with Crippen molar-refractivity contribution in [1.29, 1.82) is 0 Å². The average molecular weight is 420 g/mol. The van der Waals surface area contributed by atoms with Gasteiger partial charge >= 0.3 is 12.1 Å². The number of benzene rings is 3. The lowest BCUT2D eigenvalue weighted by atomic mass is 9.93. The van der Waals surface area contributed by atoms with Crippen LogP contribution in [0.2, 0.25) is 0 Å². The highest BCUT2D eigenvalue weighted by atomic mass is 32.2. The molecule has 0 spiro atoms. The molecule has 1 atom stereocenters. The standard InChI is InChI=1S/C21H15F3O4S/c1-29(28)16-5-2-13(3-6-16)20(27)18-9-12(10-19(25)26)8-14-11-15(21(22,23)24)4-7-17(14)18/h2-9,11H,10H2,1H3,(H,25,26). The Balaban J connectivity index is 2.17. The number of carbonyl (C=O) groups excluding carboxylic acids is 1. The number of hydrogen-bond acceptors (Lipinski definition) is 3. The summed E-state index contributed by atoms with van der Waals surface area (Å²) >= 11 is 0. The van der Waals surface area contributed by atoms with Crippen molar-refractivity contribution in [3.63, 3.8) is 0 Å². The van der Waals surface area contributed by atoms with Gasteiger partial charge in [0.25, 0.3) is 0 Å². The highest BCUT2D eigenvalue weighted by Gasteiger charge is 2.30. The van der Waals surface area contributed by atoms with E-state index >= 15 is 0 Å². The van der Waals surface area contributed by atoms with Crippen molar-refractivity contribution in [3.05, 3.63) is 76.9 Å².